The number of anilines is 1. The van der Waals surface area contributed by atoms with Gasteiger partial charge in [-0.2, -0.15) is 5.10 Å². The zero-order valence-corrected chi connectivity index (χ0v) is 14.7. The minimum absolute atomic E-state index is 0.0993. The van der Waals surface area contributed by atoms with Crippen molar-refractivity contribution in [2.75, 3.05) is 12.1 Å². The van der Waals surface area contributed by atoms with E-state index in [-0.39, 0.29) is 12.7 Å². The molecule has 6 heteroatoms. The number of carbonyl (C=O) groups is 1. The van der Waals surface area contributed by atoms with Crippen molar-refractivity contribution in [3.05, 3.63) is 23.9 Å². The number of H-pyrrole nitrogens is 1. The Morgan fingerprint density at radius 1 is 1.15 bits per heavy atom. The molecule has 0 spiro atoms. The Labute approximate surface area is 152 Å². The Morgan fingerprint density at radius 2 is 1.96 bits per heavy atom. The summed E-state index contributed by atoms with van der Waals surface area (Å²) in [5.41, 5.74) is 3.60. The highest BCUT2D eigenvalue weighted by atomic mass is 16.7. The second-order valence-electron chi connectivity index (χ2n) is 7.61. The number of fused-ring (bicyclic) bond motifs is 1. The number of hydrogen-bond acceptors (Lipinski definition) is 4. The van der Waals surface area contributed by atoms with Crippen LogP contribution in [0.15, 0.2) is 18.2 Å². The van der Waals surface area contributed by atoms with E-state index in [1.807, 2.05) is 18.2 Å². The maximum absolute atomic E-state index is 12.6. The van der Waals surface area contributed by atoms with Gasteiger partial charge in [0.15, 0.2) is 11.5 Å². The Bertz CT molecular complexity index is 835. The van der Waals surface area contributed by atoms with Crippen LogP contribution in [0.5, 0.6) is 11.5 Å². The second-order valence-corrected chi connectivity index (χ2v) is 7.61. The van der Waals surface area contributed by atoms with Gasteiger partial charge in [0.25, 0.3) is 0 Å². The SMILES string of the molecule is O=C(CC1CCCC1)Nc1c(-c2ccc3c(c2)OCO3)n[nH]c1C1CC1. The number of carbonyl (C=O) groups excluding carboxylic acids is 1. The maximum atomic E-state index is 12.6. The van der Waals surface area contributed by atoms with E-state index in [4.69, 9.17) is 9.47 Å². The van der Waals surface area contributed by atoms with Crippen LogP contribution in [0.3, 0.4) is 0 Å². The standard InChI is InChI=1S/C20H23N3O3/c24-17(9-12-3-1-2-4-12)21-20-18(13-5-6-13)22-23-19(20)14-7-8-15-16(10-14)26-11-25-15/h7-8,10,12-13H,1-6,9,11H2,(H,21,24)(H,22,23). The number of nitrogens with zero attached hydrogens (tertiary/aromatic N) is 1. The molecule has 2 aliphatic carbocycles. The van der Waals surface area contributed by atoms with Crippen LogP contribution >= 0.6 is 0 Å². The van der Waals surface area contributed by atoms with Crippen LogP contribution in [-0.4, -0.2) is 22.9 Å². The Kier molecular flexibility index (Phi) is 3.84. The van der Waals surface area contributed by atoms with Gasteiger partial charge in [0.05, 0.1) is 11.4 Å². The van der Waals surface area contributed by atoms with E-state index in [1.54, 1.807) is 0 Å². The highest BCUT2D eigenvalue weighted by Crippen LogP contribution is 2.46. The molecule has 0 bridgehead atoms. The van der Waals surface area contributed by atoms with E-state index < -0.39 is 0 Å². The Balaban J connectivity index is 1.43. The number of ether oxygens (including phenoxy) is 2. The van der Waals surface area contributed by atoms with Gasteiger partial charge in [-0.25, -0.2) is 0 Å². The van der Waals surface area contributed by atoms with Gasteiger partial charge >= 0.3 is 0 Å². The van der Waals surface area contributed by atoms with Crippen molar-refractivity contribution in [2.45, 2.75) is 50.9 Å². The maximum Gasteiger partial charge on any atom is 0.231 e. The molecule has 0 atom stereocenters. The molecule has 26 heavy (non-hydrogen) atoms. The predicted molar refractivity (Wildman–Crippen MR) is 97.3 cm³/mol. The highest BCUT2D eigenvalue weighted by Gasteiger charge is 2.31. The van der Waals surface area contributed by atoms with Crippen LogP contribution < -0.4 is 14.8 Å². The van der Waals surface area contributed by atoms with Crippen LogP contribution in [0.4, 0.5) is 5.69 Å². The van der Waals surface area contributed by atoms with E-state index in [2.05, 4.69) is 15.5 Å². The van der Waals surface area contributed by atoms with Crippen molar-refractivity contribution in [1.82, 2.24) is 10.2 Å². The summed E-state index contributed by atoms with van der Waals surface area (Å²) >= 11 is 0. The van der Waals surface area contributed by atoms with Gasteiger partial charge in [-0.15, -0.1) is 0 Å². The summed E-state index contributed by atoms with van der Waals surface area (Å²) in [5.74, 6) is 2.58. The lowest BCUT2D eigenvalue weighted by Gasteiger charge is -2.11. The van der Waals surface area contributed by atoms with Gasteiger partial charge in [0.1, 0.15) is 5.69 Å². The number of aromatic nitrogens is 2. The van der Waals surface area contributed by atoms with Crippen molar-refractivity contribution in [3.8, 4) is 22.8 Å². The van der Waals surface area contributed by atoms with Gasteiger partial charge in [0.2, 0.25) is 12.7 Å². The third-order valence-corrected chi connectivity index (χ3v) is 5.64. The summed E-state index contributed by atoms with van der Waals surface area (Å²) in [7, 11) is 0. The number of amides is 1. The minimum Gasteiger partial charge on any atom is -0.454 e. The normalized spacial score (nSPS) is 19.1. The third-order valence-electron chi connectivity index (χ3n) is 5.64. The smallest absolute Gasteiger partial charge is 0.231 e. The first kappa shape index (κ1) is 15.7. The first-order valence-electron chi connectivity index (χ1n) is 9.56. The molecule has 2 saturated carbocycles. The first-order chi connectivity index (χ1) is 12.8. The summed E-state index contributed by atoms with van der Waals surface area (Å²) in [5, 5.41) is 10.9. The molecule has 2 aromatic rings. The van der Waals surface area contributed by atoms with Gasteiger partial charge in [-0.3, -0.25) is 9.89 Å². The molecule has 0 unspecified atom stereocenters. The van der Waals surface area contributed by atoms with Crippen molar-refractivity contribution in [3.63, 3.8) is 0 Å². The number of benzene rings is 1. The van der Waals surface area contributed by atoms with Gasteiger partial charge in [-0.05, 0) is 49.8 Å². The van der Waals surface area contributed by atoms with E-state index in [1.165, 1.54) is 25.7 Å². The van der Waals surface area contributed by atoms with Crippen LogP contribution in [0, 0.1) is 5.92 Å². The number of nitrogens with one attached hydrogen (secondary N) is 2. The molecule has 2 heterocycles. The quantitative estimate of drug-likeness (QED) is 0.844. The number of hydrogen-bond donors (Lipinski definition) is 2. The second kappa shape index (κ2) is 6.34. The molecule has 136 valence electrons. The summed E-state index contributed by atoms with van der Waals surface area (Å²) in [6, 6.07) is 5.79. The highest BCUT2D eigenvalue weighted by molar-refractivity contribution is 5.96. The predicted octanol–water partition coefficient (Wildman–Crippen LogP) is 4.20. The van der Waals surface area contributed by atoms with Gasteiger partial charge in [0, 0.05) is 17.9 Å². The summed E-state index contributed by atoms with van der Waals surface area (Å²) in [6.45, 7) is 0.248. The molecule has 3 aliphatic rings. The molecule has 0 saturated heterocycles. The Morgan fingerprint density at radius 3 is 2.77 bits per heavy atom. The fourth-order valence-electron chi connectivity index (χ4n) is 4.07. The third kappa shape index (κ3) is 2.93. The molecule has 0 radical (unpaired) electrons. The summed E-state index contributed by atoms with van der Waals surface area (Å²) in [6.07, 6.45) is 7.74. The fourth-order valence-corrected chi connectivity index (χ4v) is 4.07. The topological polar surface area (TPSA) is 76.2 Å². The monoisotopic (exact) mass is 353 g/mol. The van der Waals surface area contributed by atoms with Crippen molar-refractivity contribution >= 4 is 11.6 Å². The van der Waals surface area contributed by atoms with Crippen LogP contribution in [0.25, 0.3) is 11.3 Å². The molecule has 5 rings (SSSR count). The molecule has 2 N–H and O–H groups in total. The van der Waals surface area contributed by atoms with Gasteiger partial charge < -0.3 is 14.8 Å². The van der Waals surface area contributed by atoms with Crippen LogP contribution in [0.1, 0.15) is 56.6 Å². The van der Waals surface area contributed by atoms with E-state index in [9.17, 15) is 4.79 Å². The minimum atomic E-state index is 0.0993. The number of aromatic amines is 1. The molecular weight excluding hydrogens is 330 g/mol. The molecule has 2 fully saturated rings. The summed E-state index contributed by atoms with van der Waals surface area (Å²) < 4.78 is 10.9. The van der Waals surface area contributed by atoms with Crippen LogP contribution in [-0.2, 0) is 4.79 Å². The van der Waals surface area contributed by atoms with E-state index >= 15 is 0 Å². The largest absolute Gasteiger partial charge is 0.454 e. The zero-order chi connectivity index (χ0) is 17.5. The van der Waals surface area contributed by atoms with Crippen LogP contribution in [0.2, 0.25) is 0 Å². The van der Waals surface area contributed by atoms with E-state index in [0.717, 1.165) is 47.0 Å². The van der Waals surface area contributed by atoms with Crippen molar-refractivity contribution in [1.29, 1.82) is 0 Å². The lowest BCUT2D eigenvalue weighted by atomic mass is 10.0. The average molecular weight is 353 g/mol. The lowest BCUT2D eigenvalue weighted by molar-refractivity contribution is -0.117. The molecular formula is C20H23N3O3. The average Bonchev–Trinajstić information content (AvgIpc) is 3.03. The molecule has 6 nitrogen and oxygen atoms in total. The summed E-state index contributed by atoms with van der Waals surface area (Å²) in [4.78, 5) is 12.6. The molecule has 1 aromatic carbocycles. The first-order valence-corrected chi connectivity index (χ1v) is 9.56. The van der Waals surface area contributed by atoms with E-state index in [0.29, 0.717) is 18.3 Å². The number of rotatable bonds is 5. The van der Waals surface area contributed by atoms with Crippen molar-refractivity contribution < 1.29 is 14.3 Å². The lowest BCUT2D eigenvalue weighted by Crippen LogP contribution is -2.16. The molecule has 1 aromatic heterocycles. The Hall–Kier alpha value is -2.50. The zero-order valence-electron chi connectivity index (χ0n) is 14.7. The van der Waals surface area contributed by atoms with Crippen molar-refractivity contribution in [2.24, 2.45) is 5.92 Å². The fraction of sp³-hybridized carbons (Fsp3) is 0.500. The molecule has 1 amide bonds. The molecule has 1 aliphatic heterocycles. The van der Waals surface area contributed by atoms with Gasteiger partial charge in [-0.1, -0.05) is 12.8 Å².